The predicted molar refractivity (Wildman–Crippen MR) is 329 cm³/mol. The van der Waals surface area contributed by atoms with Gasteiger partial charge in [-0.25, -0.2) is 0 Å². The number of hydrogen-bond acceptors (Lipinski definition) is 4. The van der Waals surface area contributed by atoms with Crippen LogP contribution in [0.1, 0.15) is 5.56 Å². The highest BCUT2D eigenvalue weighted by Crippen LogP contribution is 2.52. The van der Waals surface area contributed by atoms with Crippen LogP contribution in [-0.4, -0.2) is 15.8 Å². The maximum absolute atomic E-state index is 10.2. The number of furan rings is 1. The Morgan fingerprint density at radius 3 is 1.64 bits per heavy atom. The summed E-state index contributed by atoms with van der Waals surface area (Å²) >= 11 is 0. The van der Waals surface area contributed by atoms with Gasteiger partial charge in [0.15, 0.2) is 11.3 Å². The van der Waals surface area contributed by atoms with Crippen molar-refractivity contribution in [2.45, 2.75) is 0 Å². The van der Waals surface area contributed by atoms with Gasteiger partial charge in [0, 0.05) is 55.1 Å². The third-order valence-electron chi connectivity index (χ3n) is 16.8. The van der Waals surface area contributed by atoms with Crippen LogP contribution in [0.4, 0.5) is 17.1 Å². The monoisotopic (exact) mass is 1020 g/mol. The van der Waals surface area contributed by atoms with Crippen LogP contribution in [-0.2, 0) is 0 Å². The van der Waals surface area contributed by atoms with Crippen LogP contribution >= 0.6 is 0 Å². The predicted octanol–water partition coefficient (Wildman–Crippen LogP) is 17.1. The first-order valence-corrected chi connectivity index (χ1v) is 27.2. The minimum Gasteiger partial charge on any atom is -0.454 e. The van der Waals surface area contributed by atoms with Crippen LogP contribution in [0.5, 0.6) is 11.5 Å². The fraction of sp³-hybridized carbons (Fsp3) is 0. The van der Waals surface area contributed by atoms with E-state index in [1.807, 2.05) is 18.2 Å². The van der Waals surface area contributed by atoms with E-state index >= 15 is 0 Å². The summed E-state index contributed by atoms with van der Waals surface area (Å²) < 4.78 is 19.6. The lowest BCUT2D eigenvalue weighted by molar-refractivity contribution is 0.481. The van der Waals surface area contributed by atoms with Crippen LogP contribution in [0, 0.1) is 11.3 Å². The summed E-state index contributed by atoms with van der Waals surface area (Å²) in [7, 11) is 0. The maximum atomic E-state index is 10.2. The van der Waals surface area contributed by atoms with E-state index in [2.05, 4.69) is 263 Å². The van der Waals surface area contributed by atoms with E-state index in [0.717, 1.165) is 133 Å². The molecule has 5 heterocycles. The van der Waals surface area contributed by atoms with E-state index in [1.54, 1.807) is 0 Å². The Bertz CT molecular complexity index is 5020. The van der Waals surface area contributed by atoms with Gasteiger partial charge < -0.3 is 23.2 Å². The van der Waals surface area contributed by atoms with Crippen molar-refractivity contribution in [1.82, 2.24) is 9.13 Å². The molecular weight excluding hydrogens is 976 g/mol. The number of fused-ring (bicyclic) bond motifs is 14. The molecule has 80 heavy (non-hydrogen) atoms. The smallest absolute Gasteiger partial charge is 0.256 e. The molecule has 0 aliphatic carbocycles. The summed E-state index contributed by atoms with van der Waals surface area (Å²) in [5.41, 5.74) is 21.3. The summed E-state index contributed by atoms with van der Waals surface area (Å²) in [6.07, 6.45) is 0. The van der Waals surface area contributed by atoms with E-state index in [-0.39, 0.29) is 6.71 Å². The number of ether oxygens (including phenoxy) is 1. The van der Waals surface area contributed by atoms with Crippen molar-refractivity contribution >= 4 is 106 Å². The van der Waals surface area contributed by atoms with Crippen molar-refractivity contribution in [3.05, 3.63) is 266 Å². The van der Waals surface area contributed by atoms with Gasteiger partial charge in [-0.15, -0.1) is 0 Å². The van der Waals surface area contributed by atoms with Crippen molar-refractivity contribution in [3.63, 3.8) is 0 Å². The first-order valence-electron chi connectivity index (χ1n) is 27.2. The zero-order chi connectivity index (χ0) is 52.6. The largest absolute Gasteiger partial charge is 0.454 e. The molecular formula is C73H43BN4O2. The molecule has 15 aromatic rings. The fourth-order valence-electron chi connectivity index (χ4n) is 13.4. The van der Waals surface area contributed by atoms with E-state index in [0.29, 0.717) is 16.9 Å². The van der Waals surface area contributed by atoms with Crippen LogP contribution in [0.25, 0.3) is 110 Å². The second-order valence-electron chi connectivity index (χ2n) is 21.0. The average molecular weight is 1020 g/mol. The Labute approximate surface area is 460 Å². The molecule has 0 saturated heterocycles. The SMILES string of the molecule is N#Cc1ccc2c(c1)c1ccccc1n2-c1cc2c(c3oc4ccccc4c13)Oc1cc(-c3ccccc3)cc3c1B2c1ccc(-n2c4ccccc4c4ccccc42)cc1N3c1c(-c2ccccc2)cccc1-c1ccccc1. The quantitative estimate of drug-likeness (QED) is 0.156. The number of nitriles is 1. The van der Waals surface area contributed by atoms with Crippen molar-refractivity contribution < 1.29 is 9.15 Å². The molecule has 6 nitrogen and oxygen atoms in total. The Morgan fingerprint density at radius 2 is 0.975 bits per heavy atom. The first-order chi connectivity index (χ1) is 39.7. The molecule has 0 atom stereocenters. The van der Waals surface area contributed by atoms with Gasteiger partial charge in [0.1, 0.15) is 11.3 Å². The van der Waals surface area contributed by atoms with E-state index in [9.17, 15) is 5.26 Å². The van der Waals surface area contributed by atoms with Crippen molar-refractivity contribution in [3.8, 4) is 62.3 Å². The lowest BCUT2D eigenvalue weighted by Crippen LogP contribution is -2.59. The zero-order valence-corrected chi connectivity index (χ0v) is 43.0. The molecule has 0 spiro atoms. The normalized spacial score (nSPS) is 12.5. The molecule has 2 aliphatic heterocycles. The van der Waals surface area contributed by atoms with E-state index in [4.69, 9.17) is 9.15 Å². The van der Waals surface area contributed by atoms with Gasteiger partial charge in [0.05, 0.1) is 50.5 Å². The number of para-hydroxylation sites is 5. The van der Waals surface area contributed by atoms with Gasteiger partial charge in [0.2, 0.25) is 0 Å². The van der Waals surface area contributed by atoms with E-state index < -0.39 is 0 Å². The number of benzene rings is 12. The molecule has 0 amide bonds. The van der Waals surface area contributed by atoms with Gasteiger partial charge in [0.25, 0.3) is 6.71 Å². The average Bonchev–Trinajstić information content (AvgIpc) is 3.27. The zero-order valence-electron chi connectivity index (χ0n) is 43.0. The minimum atomic E-state index is -0.328. The number of nitrogens with zero attached hydrogens (tertiary/aromatic N) is 4. The van der Waals surface area contributed by atoms with Crippen LogP contribution in [0.15, 0.2) is 265 Å². The number of hydrogen-bond donors (Lipinski definition) is 0. The summed E-state index contributed by atoms with van der Waals surface area (Å²) in [6, 6.07) is 95.9. The lowest BCUT2D eigenvalue weighted by Gasteiger charge is -2.42. The van der Waals surface area contributed by atoms with Crippen LogP contribution in [0.2, 0.25) is 0 Å². The molecule has 3 aromatic heterocycles. The third-order valence-corrected chi connectivity index (χ3v) is 16.8. The molecule has 12 aromatic carbocycles. The second-order valence-corrected chi connectivity index (χ2v) is 21.0. The Morgan fingerprint density at radius 1 is 0.400 bits per heavy atom. The Kier molecular flexibility index (Phi) is 9.48. The lowest BCUT2D eigenvalue weighted by atomic mass is 9.34. The molecule has 0 radical (unpaired) electrons. The molecule has 0 saturated carbocycles. The third kappa shape index (κ3) is 6.36. The number of anilines is 3. The molecule has 17 rings (SSSR count). The van der Waals surface area contributed by atoms with Crippen LogP contribution < -0.4 is 26.0 Å². The highest BCUT2D eigenvalue weighted by molar-refractivity contribution is 6.99. The fourth-order valence-corrected chi connectivity index (χ4v) is 13.4. The molecule has 0 unspecified atom stereocenters. The van der Waals surface area contributed by atoms with Crippen molar-refractivity contribution in [2.24, 2.45) is 0 Å². The van der Waals surface area contributed by atoms with Gasteiger partial charge >= 0.3 is 0 Å². The highest BCUT2D eigenvalue weighted by Gasteiger charge is 2.45. The van der Waals surface area contributed by atoms with Gasteiger partial charge in [-0.05, 0) is 111 Å². The van der Waals surface area contributed by atoms with Gasteiger partial charge in [-0.2, -0.15) is 5.26 Å². The van der Waals surface area contributed by atoms with E-state index in [1.165, 1.54) is 10.8 Å². The standard InChI is InChI=1S/C73H43BN4O2/c75-44-45-35-38-63-57(39-45)55-27-12-16-33-62(55)77(63)65-43-59-72(73-69(65)56-28-13-17-34-67(56)79-73)80-68-41-49(46-19-4-1-5-20-46)40-66-70(68)74(59)58-37-36-50(76-60-31-14-10-25-53(60)54-26-11-15-32-61(54)76)42-64(58)78(66)71-51(47-21-6-2-7-22-47)29-18-30-52(71)48-23-8-3-9-24-48/h1-43H. The first kappa shape index (κ1) is 44.3. The molecule has 2 aliphatic rings. The Hall–Kier alpha value is -10.8. The molecule has 7 heteroatoms. The molecule has 0 N–H and O–H groups in total. The summed E-state index contributed by atoms with van der Waals surface area (Å²) in [4.78, 5) is 2.55. The maximum Gasteiger partial charge on any atom is 0.256 e. The summed E-state index contributed by atoms with van der Waals surface area (Å²) in [5.74, 6) is 1.47. The number of aromatic nitrogens is 2. The van der Waals surface area contributed by atoms with Gasteiger partial charge in [-0.3, -0.25) is 0 Å². The highest BCUT2D eigenvalue weighted by atomic mass is 16.5. The molecule has 0 bridgehead atoms. The van der Waals surface area contributed by atoms with Gasteiger partial charge in [-0.1, -0.05) is 188 Å². The summed E-state index contributed by atoms with van der Waals surface area (Å²) in [6.45, 7) is -0.328. The van der Waals surface area contributed by atoms with Crippen molar-refractivity contribution in [2.75, 3.05) is 4.90 Å². The van der Waals surface area contributed by atoms with Crippen LogP contribution in [0.3, 0.4) is 0 Å². The summed E-state index contributed by atoms with van der Waals surface area (Å²) in [5, 5.41) is 16.6. The Balaban J connectivity index is 1.04. The number of rotatable bonds is 6. The van der Waals surface area contributed by atoms with Crippen molar-refractivity contribution in [1.29, 1.82) is 5.26 Å². The topological polar surface area (TPSA) is 59.3 Å². The second kappa shape index (κ2) is 17.1. The minimum absolute atomic E-state index is 0.328. The molecule has 0 fully saturated rings. The molecule has 370 valence electrons.